The van der Waals surface area contributed by atoms with Gasteiger partial charge in [0.2, 0.25) is 17.7 Å². The normalized spacial score (nSPS) is 16.2. The Labute approximate surface area is 193 Å². The number of carbonyl (C=O) groups excluding carboxylic acids is 3. The van der Waals surface area contributed by atoms with E-state index in [1.165, 1.54) is 16.2 Å². The maximum Gasteiger partial charge on any atom is 0.230 e. The Morgan fingerprint density at radius 1 is 1.16 bits per heavy atom. The number of imide groups is 1. The molecule has 5 rings (SSSR count). The predicted molar refractivity (Wildman–Crippen MR) is 121 cm³/mol. The van der Waals surface area contributed by atoms with Gasteiger partial charge in [-0.1, -0.05) is 23.7 Å². The Hall–Kier alpha value is -2.97. The van der Waals surface area contributed by atoms with Gasteiger partial charge in [-0.05, 0) is 29.7 Å². The van der Waals surface area contributed by atoms with Crippen molar-refractivity contribution in [3.05, 3.63) is 45.4 Å². The lowest BCUT2D eigenvalue weighted by Crippen LogP contribution is -2.33. The number of aromatic hydroxyl groups is 1. The number of halogens is 1. The second-order valence-corrected chi connectivity index (χ2v) is 9.50. The van der Waals surface area contributed by atoms with Gasteiger partial charge in [0.05, 0.1) is 23.8 Å². The number of carbonyl (C=O) groups is 3. The molecule has 0 atom stereocenters. The molecule has 3 amide bonds. The average molecular weight is 470 g/mol. The SMILES string of the molecule is CC(=O)N1CCc2c(sc3nc(CN4C(=O)CCC4=O)c(Cl)c(-c4ccc(O)cc4)c23)C1. The van der Waals surface area contributed by atoms with E-state index in [0.29, 0.717) is 30.2 Å². The van der Waals surface area contributed by atoms with Crippen molar-refractivity contribution in [3.8, 4) is 16.9 Å². The molecular formula is C23H20ClN3O4S. The van der Waals surface area contributed by atoms with Gasteiger partial charge >= 0.3 is 0 Å². The maximum atomic E-state index is 12.2. The molecule has 32 heavy (non-hydrogen) atoms. The summed E-state index contributed by atoms with van der Waals surface area (Å²) in [6, 6.07) is 6.78. The Kier molecular flexibility index (Phi) is 5.14. The summed E-state index contributed by atoms with van der Waals surface area (Å²) in [5.41, 5.74) is 3.18. The quantitative estimate of drug-likeness (QED) is 0.588. The number of aromatic nitrogens is 1. The summed E-state index contributed by atoms with van der Waals surface area (Å²) in [6.45, 7) is 2.74. The molecule has 9 heteroatoms. The second-order valence-electron chi connectivity index (χ2n) is 8.04. The van der Waals surface area contributed by atoms with Crippen LogP contribution in [0.25, 0.3) is 21.3 Å². The van der Waals surface area contributed by atoms with Gasteiger partial charge in [-0.3, -0.25) is 19.3 Å². The topological polar surface area (TPSA) is 90.8 Å². The maximum absolute atomic E-state index is 12.2. The minimum absolute atomic E-state index is 0.0274. The zero-order valence-corrected chi connectivity index (χ0v) is 18.9. The lowest BCUT2D eigenvalue weighted by Gasteiger charge is -2.26. The first-order valence-electron chi connectivity index (χ1n) is 10.3. The number of benzene rings is 1. The van der Waals surface area contributed by atoms with Crippen molar-refractivity contribution in [1.82, 2.24) is 14.8 Å². The van der Waals surface area contributed by atoms with Gasteiger partial charge < -0.3 is 10.0 Å². The van der Waals surface area contributed by atoms with Crippen molar-refractivity contribution < 1.29 is 19.5 Å². The average Bonchev–Trinajstić information content (AvgIpc) is 3.28. The van der Waals surface area contributed by atoms with Gasteiger partial charge in [0.1, 0.15) is 10.6 Å². The van der Waals surface area contributed by atoms with E-state index in [9.17, 15) is 19.5 Å². The van der Waals surface area contributed by atoms with Crippen molar-refractivity contribution in [2.75, 3.05) is 6.54 Å². The van der Waals surface area contributed by atoms with E-state index in [1.807, 2.05) is 4.90 Å². The zero-order valence-electron chi connectivity index (χ0n) is 17.4. The highest BCUT2D eigenvalue weighted by Crippen LogP contribution is 2.44. The van der Waals surface area contributed by atoms with Crippen LogP contribution in [0, 0.1) is 0 Å². The molecule has 2 aliphatic heterocycles. The van der Waals surface area contributed by atoms with Crippen LogP contribution in [0.15, 0.2) is 24.3 Å². The van der Waals surface area contributed by atoms with Gasteiger partial charge in [0.25, 0.3) is 0 Å². The van der Waals surface area contributed by atoms with Crippen LogP contribution >= 0.6 is 22.9 Å². The van der Waals surface area contributed by atoms with Crippen LogP contribution in [-0.4, -0.2) is 44.2 Å². The molecule has 0 aliphatic carbocycles. The zero-order chi connectivity index (χ0) is 22.6. The van der Waals surface area contributed by atoms with E-state index in [4.69, 9.17) is 16.6 Å². The fourth-order valence-electron chi connectivity index (χ4n) is 4.37. The Bertz CT molecular complexity index is 1270. The van der Waals surface area contributed by atoms with Gasteiger partial charge in [0.15, 0.2) is 0 Å². The first-order chi connectivity index (χ1) is 15.3. The molecule has 0 radical (unpaired) electrons. The van der Waals surface area contributed by atoms with Crippen LogP contribution in [-0.2, 0) is 33.9 Å². The molecule has 0 saturated carbocycles. The molecule has 3 aromatic rings. The number of thiophene rings is 1. The van der Waals surface area contributed by atoms with E-state index in [2.05, 4.69) is 0 Å². The van der Waals surface area contributed by atoms with Crippen molar-refractivity contribution in [2.24, 2.45) is 0 Å². The second kappa shape index (κ2) is 7.86. The smallest absolute Gasteiger partial charge is 0.230 e. The van der Waals surface area contributed by atoms with Crippen LogP contribution in [0.4, 0.5) is 0 Å². The number of nitrogens with zero attached hydrogens (tertiary/aromatic N) is 3. The molecule has 164 valence electrons. The van der Waals surface area contributed by atoms with E-state index in [0.717, 1.165) is 31.8 Å². The number of hydrogen-bond donors (Lipinski definition) is 1. The molecule has 4 heterocycles. The van der Waals surface area contributed by atoms with Gasteiger partial charge in [-0.25, -0.2) is 4.98 Å². The molecule has 1 N–H and O–H groups in total. The number of fused-ring (bicyclic) bond motifs is 3. The summed E-state index contributed by atoms with van der Waals surface area (Å²) in [6.07, 6.45) is 1.11. The van der Waals surface area contributed by atoms with E-state index in [-0.39, 0.29) is 42.9 Å². The molecule has 0 bridgehead atoms. The third-order valence-electron chi connectivity index (χ3n) is 6.06. The van der Waals surface area contributed by atoms with E-state index in [1.54, 1.807) is 31.2 Å². The lowest BCUT2D eigenvalue weighted by molar-refractivity contribution is -0.139. The number of rotatable bonds is 3. The molecule has 2 aliphatic rings. The molecular weight excluding hydrogens is 450 g/mol. The van der Waals surface area contributed by atoms with Crippen molar-refractivity contribution >= 4 is 50.9 Å². The molecule has 2 aromatic heterocycles. The summed E-state index contributed by atoms with van der Waals surface area (Å²) < 4.78 is 0. The lowest BCUT2D eigenvalue weighted by atomic mass is 9.96. The summed E-state index contributed by atoms with van der Waals surface area (Å²) in [5.74, 6) is -0.263. The van der Waals surface area contributed by atoms with Crippen molar-refractivity contribution in [1.29, 1.82) is 0 Å². The van der Waals surface area contributed by atoms with Crippen LogP contribution in [0.2, 0.25) is 5.02 Å². The number of pyridine rings is 1. The highest BCUT2D eigenvalue weighted by Gasteiger charge is 2.32. The van der Waals surface area contributed by atoms with Gasteiger partial charge in [-0.2, -0.15) is 0 Å². The minimum Gasteiger partial charge on any atom is -0.508 e. The van der Waals surface area contributed by atoms with Crippen molar-refractivity contribution in [2.45, 2.75) is 39.3 Å². The fraction of sp³-hybridized carbons (Fsp3) is 0.304. The van der Waals surface area contributed by atoms with Gasteiger partial charge in [-0.15, -0.1) is 11.3 Å². The number of hydrogen-bond acceptors (Lipinski definition) is 6. The largest absolute Gasteiger partial charge is 0.508 e. The first-order valence-corrected chi connectivity index (χ1v) is 11.5. The monoisotopic (exact) mass is 469 g/mol. The molecule has 0 spiro atoms. The van der Waals surface area contributed by atoms with E-state index >= 15 is 0 Å². The fourth-order valence-corrected chi connectivity index (χ4v) is 5.94. The standard InChI is InChI=1S/C23H20ClN3O4S/c1-12(28)26-9-8-15-17(11-26)32-23-21(15)20(13-2-4-14(29)5-3-13)22(24)16(25-23)10-27-18(30)6-7-19(27)31/h2-5,29H,6-11H2,1H3. The highest BCUT2D eigenvalue weighted by atomic mass is 35.5. The van der Waals surface area contributed by atoms with E-state index < -0.39 is 0 Å². The predicted octanol–water partition coefficient (Wildman–Crippen LogP) is 3.88. The molecule has 7 nitrogen and oxygen atoms in total. The molecule has 1 saturated heterocycles. The summed E-state index contributed by atoms with van der Waals surface area (Å²) in [7, 11) is 0. The van der Waals surface area contributed by atoms with Crippen molar-refractivity contribution in [3.63, 3.8) is 0 Å². The van der Waals surface area contributed by atoms with Crippen LogP contribution in [0.1, 0.15) is 35.9 Å². The molecule has 0 unspecified atom stereocenters. The van der Waals surface area contributed by atoms with Crippen LogP contribution < -0.4 is 0 Å². The summed E-state index contributed by atoms with van der Waals surface area (Å²) in [4.78, 5) is 45.9. The Morgan fingerprint density at radius 2 is 1.84 bits per heavy atom. The summed E-state index contributed by atoms with van der Waals surface area (Å²) >= 11 is 8.39. The molecule has 1 fully saturated rings. The molecule has 1 aromatic carbocycles. The third kappa shape index (κ3) is 3.43. The minimum atomic E-state index is -0.221. The Balaban J connectivity index is 1.70. The Morgan fingerprint density at radius 3 is 2.50 bits per heavy atom. The number of phenolic OH excluding ortho intramolecular Hbond substituents is 1. The number of likely N-dealkylation sites (tertiary alicyclic amines) is 1. The van der Waals surface area contributed by atoms with Crippen LogP contribution in [0.3, 0.4) is 0 Å². The van der Waals surface area contributed by atoms with Gasteiger partial charge in [0, 0.05) is 42.1 Å². The van der Waals surface area contributed by atoms with Crippen LogP contribution in [0.5, 0.6) is 5.75 Å². The highest BCUT2D eigenvalue weighted by molar-refractivity contribution is 7.19. The summed E-state index contributed by atoms with van der Waals surface area (Å²) in [5, 5.41) is 11.1. The number of amides is 3. The third-order valence-corrected chi connectivity index (χ3v) is 7.58. The first kappa shape index (κ1) is 20.9. The number of phenols is 1.